The van der Waals surface area contributed by atoms with Crippen molar-refractivity contribution < 1.29 is 15.0 Å². The molecule has 19 heavy (non-hydrogen) atoms. The van der Waals surface area contributed by atoms with E-state index in [1.54, 1.807) is 12.1 Å². The number of nitrogens with zero attached hydrogens (tertiary/aromatic N) is 1. The summed E-state index contributed by atoms with van der Waals surface area (Å²) in [7, 11) is 1.82. The van der Waals surface area contributed by atoms with Gasteiger partial charge in [-0.25, -0.2) is 4.79 Å². The van der Waals surface area contributed by atoms with Gasteiger partial charge in [-0.2, -0.15) is 0 Å². The summed E-state index contributed by atoms with van der Waals surface area (Å²) in [5.41, 5.74) is 7.06. The second-order valence-corrected chi connectivity index (χ2v) is 5.11. The maximum atomic E-state index is 11.3. The molecule has 0 aliphatic heterocycles. The van der Waals surface area contributed by atoms with E-state index in [9.17, 15) is 15.0 Å². The summed E-state index contributed by atoms with van der Waals surface area (Å²) in [6.07, 6.45) is 3.29. The van der Waals surface area contributed by atoms with E-state index in [4.69, 9.17) is 5.73 Å². The third-order valence-electron chi connectivity index (χ3n) is 3.82. The van der Waals surface area contributed by atoms with Crippen LogP contribution in [0.15, 0.2) is 18.2 Å². The van der Waals surface area contributed by atoms with Crippen molar-refractivity contribution in [1.29, 1.82) is 0 Å². The van der Waals surface area contributed by atoms with E-state index < -0.39 is 12.1 Å². The van der Waals surface area contributed by atoms with Crippen LogP contribution >= 0.6 is 0 Å². The van der Waals surface area contributed by atoms with Gasteiger partial charge in [-0.1, -0.05) is 12.8 Å². The van der Waals surface area contributed by atoms with Crippen LogP contribution in [0.5, 0.6) is 0 Å². The van der Waals surface area contributed by atoms with Crippen molar-refractivity contribution in [3.63, 3.8) is 0 Å². The first-order valence-electron chi connectivity index (χ1n) is 6.54. The first kappa shape index (κ1) is 13.7. The van der Waals surface area contributed by atoms with Crippen LogP contribution in [0.1, 0.15) is 36.0 Å². The summed E-state index contributed by atoms with van der Waals surface area (Å²) in [5, 5.41) is 19.3. The van der Waals surface area contributed by atoms with Crippen LogP contribution in [0.3, 0.4) is 0 Å². The number of benzene rings is 1. The van der Waals surface area contributed by atoms with Crippen LogP contribution in [0.25, 0.3) is 0 Å². The van der Waals surface area contributed by atoms with Crippen LogP contribution in [0.2, 0.25) is 0 Å². The standard InChI is InChI=1S/C14H20N2O3/c1-16(11-4-2-3-5-13(11)17)12-8-9(15)6-7-10(12)14(18)19/h6-8,11,13,17H,2-5,15H2,1H3,(H,18,19). The number of carboxylic acid groups (broad SMARTS) is 1. The third-order valence-corrected chi connectivity index (χ3v) is 3.82. The van der Waals surface area contributed by atoms with Crippen LogP contribution in [-0.2, 0) is 0 Å². The van der Waals surface area contributed by atoms with Gasteiger partial charge in [0.05, 0.1) is 23.4 Å². The number of carbonyl (C=O) groups is 1. The SMILES string of the molecule is CN(c1cc(N)ccc1C(=O)O)C1CCCCC1O. The summed E-state index contributed by atoms with van der Waals surface area (Å²) in [6, 6.07) is 4.70. The van der Waals surface area contributed by atoms with Crippen LogP contribution in [0, 0.1) is 0 Å². The number of likely N-dealkylation sites (N-methyl/N-ethyl adjacent to an activating group) is 1. The molecule has 1 aliphatic rings. The summed E-state index contributed by atoms with van der Waals surface area (Å²) < 4.78 is 0. The lowest BCUT2D eigenvalue weighted by molar-refractivity contribution is 0.0695. The lowest BCUT2D eigenvalue weighted by Crippen LogP contribution is -2.44. The number of rotatable bonds is 3. The van der Waals surface area contributed by atoms with Gasteiger partial charge in [0.25, 0.3) is 0 Å². The molecule has 2 atom stereocenters. The predicted octanol–water partition coefficient (Wildman–Crippen LogP) is 1.71. The number of hydrogen-bond donors (Lipinski definition) is 3. The number of aromatic carboxylic acids is 1. The molecule has 5 nitrogen and oxygen atoms in total. The number of nitrogen functional groups attached to an aromatic ring is 1. The topological polar surface area (TPSA) is 86.8 Å². The third kappa shape index (κ3) is 2.81. The van der Waals surface area contributed by atoms with Crippen molar-refractivity contribution in [3.8, 4) is 0 Å². The molecule has 2 rings (SSSR count). The zero-order chi connectivity index (χ0) is 14.0. The molecule has 1 saturated carbocycles. The molecule has 0 bridgehead atoms. The van der Waals surface area contributed by atoms with Gasteiger partial charge >= 0.3 is 5.97 Å². The first-order valence-corrected chi connectivity index (χ1v) is 6.54. The number of anilines is 2. The largest absolute Gasteiger partial charge is 0.478 e. The zero-order valence-electron chi connectivity index (χ0n) is 11.0. The fourth-order valence-electron chi connectivity index (χ4n) is 2.74. The number of aliphatic hydroxyl groups excluding tert-OH is 1. The van der Waals surface area contributed by atoms with Gasteiger partial charge < -0.3 is 20.8 Å². The van der Waals surface area contributed by atoms with Crippen molar-refractivity contribution in [2.24, 2.45) is 0 Å². The quantitative estimate of drug-likeness (QED) is 0.723. The minimum Gasteiger partial charge on any atom is -0.478 e. The summed E-state index contributed by atoms with van der Waals surface area (Å²) >= 11 is 0. The van der Waals surface area contributed by atoms with E-state index in [1.807, 2.05) is 11.9 Å². The molecule has 1 aromatic rings. The lowest BCUT2D eigenvalue weighted by atomic mass is 9.91. The molecular formula is C14H20N2O3. The first-order chi connectivity index (χ1) is 9.00. The fraction of sp³-hybridized carbons (Fsp3) is 0.500. The monoisotopic (exact) mass is 264 g/mol. The zero-order valence-corrected chi connectivity index (χ0v) is 11.0. The second-order valence-electron chi connectivity index (χ2n) is 5.11. The Morgan fingerprint density at radius 3 is 2.68 bits per heavy atom. The second kappa shape index (κ2) is 5.48. The van der Waals surface area contributed by atoms with Crippen LogP contribution in [-0.4, -0.2) is 35.4 Å². The molecule has 0 amide bonds. The van der Waals surface area contributed by atoms with Gasteiger partial charge in [0.1, 0.15) is 0 Å². The Kier molecular flexibility index (Phi) is 3.95. The molecule has 104 valence electrons. The highest BCUT2D eigenvalue weighted by molar-refractivity contribution is 5.95. The minimum atomic E-state index is -0.979. The van der Waals surface area contributed by atoms with Gasteiger partial charge in [0, 0.05) is 12.7 Å². The maximum absolute atomic E-state index is 11.3. The molecule has 4 N–H and O–H groups in total. The average Bonchev–Trinajstić information content (AvgIpc) is 2.38. The van der Waals surface area contributed by atoms with E-state index in [2.05, 4.69) is 0 Å². The Morgan fingerprint density at radius 2 is 2.05 bits per heavy atom. The molecular weight excluding hydrogens is 244 g/mol. The molecule has 0 heterocycles. The highest BCUT2D eigenvalue weighted by atomic mass is 16.4. The van der Waals surface area contributed by atoms with E-state index in [0.29, 0.717) is 11.4 Å². The van der Waals surface area contributed by atoms with E-state index >= 15 is 0 Å². The van der Waals surface area contributed by atoms with Crippen LogP contribution in [0.4, 0.5) is 11.4 Å². The Labute approximate surface area is 112 Å². The Bertz CT molecular complexity index is 476. The van der Waals surface area contributed by atoms with E-state index in [1.165, 1.54) is 6.07 Å². The molecule has 0 aromatic heterocycles. The maximum Gasteiger partial charge on any atom is 0.337 e. The fourth-order valence-corrected chi connectivity index (χ4v) is 2.74. The number of aliphatic hydroxyl groups is 1. The molecule has 5 heteroatoms. The lowest BCUT2D eigenvalue weighted by Gasteiger charge is -2.37. The molecule has 1 fully saturated rings. The molecule has 0 radical (unpaired) electrons. The van der Waals surface area contributed by atoms with Crippen molar-refractivity contribution in [2.45, 2.75) is 37.8 Å². The van der Waals surface area contributed by atoms with Gasteiger partial charge in [-0.05, 0) is 31.0 Å². The van der Waals surface area contributed by atoms with Crippen molar-refractivity contribution >= 4 is 17.3 Å². The minimum absolute atomic E-state index is 0.0475. The summed E-state index contributed by atoms with van der Waals surface area (Å²) in [5.74, 6) is -0.979. The predicted molar refractivity (Wildman–Crippen MR) is 74.5 cm³/mol. The summed E-state index contributed by atoms with van der Waals surface area (Å²) in [6.45, 7) is 0. The van der Waals surface area contributed by atoms with E-state index in [0.717, 1.165) is 25.7 Å². The Morgan fingerprint density at radius 1 is 1.37 bits per heavy atom. The average molecular weight is 264 g/mol. The molecule has 0 saturated heterocycles. The van der Waals surface area contributed by atoms with Gasteiger partial charge in [0.2, 0.25) is 0 Å². The normalized spacial score (nSPS) is 23.1. The highest BCUT2D eigenvalue weighted by Crippen LogP contribution is 2.30. The Hall–Kier alpha value is -1.75. The molecule has 1 aliphatic carbocycles. The summed E-state index contributed by atoms with van der Waals surface area (Å²) in [4.78, 5) is 13.1. The van der Waals surface area contributed by atoms with Crippen molar-refractivity contribution in [2.75, 3.05) is 17.7 Å². The Balaban J connectivity index is 2.34. The molecule has 2 unspecified atom stereocenters. The van der Waals surface area contributed by atoms with E-state index in [-0.39, 0.29) is 11.6 Å². The van der Waals surface area contributed by atoms with Crippen LogP contribution < -0.4 is 10.6 Å². The molecule has 1 aromatic carbocycles. The van der Waals surface area contributed by atoms with Crippen molar-refractivity contribution in [1.82, 2.24) is 0 Å². The number of hydrogen-bond acceptors (Lipinski definition) is 4. The van der Waals surface area contributed by atoms with Crippen molar-refractivity contribution in [3.05, 3.63) is 23.8 Å². The number of nitrogens with two attached hydrogens (primary N) is 1. The number of carboxylic acids is 1. The smallest absolute Gasteiger partial charge is 0.337 e. The van der Waals surface area contributed by atoms with Gasteiger partial charge in [-0.15, -0.1) is 0 Å². The highest BCUT2D eigenvalue weighted by Gasteiger charge is 2.28. The molecule has 0 spiro atoms. The van der Waals surface area contributed by atoms with Gasteiger partial charge in [-0.3, -0.25) is 0 Å². The van der Waals surface area contributed by atoms with Gasteiger partial charge in [0.15, 0.2) is 0 Å².